The van der Waals surface area contributed by atoms with Crippen molar-refractivity contribution in [3.05, 3.63) is 151 Å². The molecule has 1 fully saturated rings. The minimum Gasteiger partial charge on any atom is -0.403 e. The number of nitriles is 3. The van der Waals surface area contributed by atoms with Crippen LogP contribution in [0.5, 0.6) is 0 Å². The number of carbonyl (C=O) groups is 2. The summed E-state index contributed by atoms with van der Waals surface area (Å²) in [4.78, 5) is 23.0. The van der Waals surface area contributed by atoms with Gasteiger partial charge < -0.3 is 67.2 Å². The quantitative estimate of drug-likeness (QED) is 0.0218. The summed E-state index contributed by atoms with van der Waals surface area (Å²) in [6, 6.07) is 30.5. The number of amides is 2. The van der Waals surface area contributed by atoms with Gasteiger partial charge in [0.25, 0.3) is 0 Å². The number of hydrogen-bond donors (Lipinski definition) is 9. The second-order valence-corrected chi connectivity index (χ2v) is 21.3. The molecule has 8 unspecified atom stereocenters. The van der Waals surface area contributed by atoms with Crippen molar-refractivity contribution >= 4 is 41.5 Å². The third-order valence-electron chi connectivity index (χ3n) is 11.6. The molecule has 0 saturated carbocycles. The van der Waals surface area contributed by atoms with Crippen LogP contribution in [0.2, 0.25) is 6.82 Å². The van der Waals surface area contributed by atoms with Crippen LogP contribution in [0.1, 0.15) is 176 Å². The van der Waals surface area contributed by atoms with Gasteiger partial charge in [0, 0.05) is 89.8 Å². The summed E-state index contributed by atoms with van der Waals surface area (Å²) >= 11 is 2.16. The first kappa shape index (κ1) is 108. The molecule has 2 amide bonds. The van der Waals surface area contributed by atoms with E-state index in [0.29, 0.717) is 34.1 Å². The van der Waals surface area contributed by atoms with Gasteiger partial charge in [-0.25, -0.2) is 17.6 Å². The van der Waals surface area contributed by atoms with Crippen molar-refractivity contribution in [1.82, 2.24) is 10.6 Å². The number of aliphatic hydroxyl groups is 4. The zero-order valence-corrected chi connectivity index (χ0v) is 60.8. The Bertz CT molecular complexity index is 2300. The molecule has 0 spiro atoms. The molecule has 24 heteroatoms. The third kappa shape index (κ3) is 47.3. The molecule has 8 atom stereocenters. The molecule has 90 heavy (non-hydrogen) atoms. The first-order valence-electron chi connectivity index (χ1n) is 26.8. The Balaban J connectivity index is -0.000000105. The number of carbonyl (C=O) groups excluding carboxylic acids is 2. The van der Waals surface area contributed by atoms with Crippen LogP contribution >= 0.6 is 22.6 Å². The number of nitrogens with two attached hydrogens (primary N) is 3. The summed E-state index contributed by atoms with van der Waals surface area (Å²) < 4.78 is 62.2. The van der Waals surface area contributed by atoms with E-state index >= 15 is 0 Å². The SMILES string of the molecule is C.C.C.C.CB1OC(C)(C)C(C)(C)O1.CC#N.CC#N.CC#N.CCN.Cc1ccc(C(O)C(CF)NC(=O)[C-](C)C)cc1.Cc1ccc(C(O)C(CF)NC(=O)[C-](C)C)cc1.Cc1ccc(C(O)C(N)CF)cc1.NC(CF)C(O)c1ccc(I)cc1.[Y].[Y]. The van der Waals surface area contributed by atoms with Crippen molar-refractivity contribution in [2.45, 2.75) is 200 Å². The summed E-state index contributed by atoms with van der Waals surface area (Å²) in [7, 11) is -0.0648. The second kappa shape index (κ2) is 61.6. The first-order chi connectivity index (χ1) is 39.2. The van der Waals surface area contributed by atoms with Crippen LogP contribution in [-0.4, -0.2) is 108 Å². The zero-order chi connectivity index (χ0) is 65.9. The molecule has 0 bridgehead atoms. The maximum absolute atomic E-state index is 12.9. The van der Waals surface area contributed by atoms with E-state index in [-0.39, 0.29) is 125 Å². The number of aryl methyl sites for hydroxylation is 3. The Morgan fingerprint density at radius 1 is 0.544 bits per heavy atom. The predicted molar refractivity (Wildman–Crippen MR) is 363 cm³/mol. The third-order valence-corrected chi connectivity index (χ3v) is 12.4. The molecule has 2 radical (unpaired) electrons. The summed E-state index contributed by atoms with van der Waals surface area (Å²) in [5, 5.41) is 66.0. The Hall–Kier alpha value is -3.61. The number of nitrogens with zero attached hydrogens (tertiary/aromatic N) is 3. The number of hydrogen-bond acceptors (Lipinski definition) is 14. The topological polar surface area (TPSA) is 307 Å². The Morgan fingerprint density at radius 3 is 0.911 bits per heavy atom. The maximum atomic E-state index is 12.9. The van der Waals surface area contributed by atoms with Gasteiger partial charge in [0.05, 0.1) is 77.6 Å². The fraction of sp³-hybridized carbons (Fsp3) is 0.530. The number of aliphatic hydroxyl groups excluding tert-OH is 4. The van der Waals surface area contributed by atoms with E-state index in [2.05, 4.69) is 60.9 Å². The second-order valence-electron chi connectivity index (χ2n) is 20.1. The molecule has 4 aromatic carbocycles. The van der Waals surface area contributed by atoms with Gasteiger partial charge in [-0.05, 0) is 119 Å². The first-order valence-corrected chi connectivity index (χ1v) is 27.9. The van der Waals surface area contributed by atoms with E-state index in [1.807, 2.05) is 83.0 Å². The van der Waals surface area contributed by atoms with Crippen LogP contribution in [0.15, 0.2) is 97.1 Å². The summed E-state index contributed by atoms with van der Waals surface area (Å²) in [6.07, 6.45) is -3.91. The number of nitrogens with one attached hydrogen (secondary N) is 2. The molecular formula is C66H110BF4IN8O8Y2-2. The molecule has 1 aliphatic rings. The van der Waals surface area contributed by atoms with Crippen LogP contribution in [0.3, 0.4) is 0 Å². The van der Waals surface area contributed by atoms with Gasteiger partial charge in [-0.3, -0.25) is 11.8 Å². The molecule has 1 aliphatic heterocycles. The minimum absolute atomic E-state index is 0. The van der Waals surface area contributed by atoms with E-state index in [4.69, 9.17) is 42.3 Å². The van der Waals surface area contributed by atoms with Crippen molar-refractivity contribution in [3.63, 3.8) is 0 Å². The van der Waals surface area contributed by atoms with Crippen molar-refractivity contribution < 1.29 is 122 Å². The zero-order valence-electron chi connectivity index (χ0n) is 53.0. The van der Waals surface area contributed by atoms with E-state index < -0.39 is 75.3 Å². The van der Waals surface area contributed by atoms with Gasteiger partial charge in [0.15, 0.2) is 0 Å². The minimum atomic E-state index is -1.04. The molecule has 4 aromatic rings. The Kier molecular flexibility index (Phi) is 73.8. The summed E-state index contributed by atoms with van der Waals surface area (Å²) in [5.41, 5.74) is 21.0. The van der Waals surface area contributed by atoms with Gasteiger partial charge in [-0.15, -0.1) is 0 Å². The standard InChI is InChI=1S/2C14H19FNO2.C10H14FNO.C9H11FINO.C7H15BO2.C2H7N.3C2H3N.4CH4.2Y/c2*1-9(2)14(18)16-12(8-15)13(17)11-6-4-10(3)5-7-11;1-7-2-4-8(5-3-7)10(13)9(12)6-11;10-5-8(12)9(13)6-1-3-7(11)4-2-6;1-6(2)7(3,4)10-8(5)9-6;4*1-2-3;;;;;;/h2*4-7,12-13,17H,8H2,1-3H3,(H,16,18);2-5,9-10,13H,6,12H2,1H3;1-4,8-9,13H,5,12H2;1-5H3;2-3H2,1H3;3*1H3;4*1H4;;/q2*-1;;;;;;;;;;;;;. The molecule has 0 aromatic heterocycles. The molecular weight excluding hydrogens is 1420 g/mol. The van der Waals surface area contributed by atoms with Gasteiger partial charge in [0.1, 0.15) is 38.9 Å². The molecule has 1 heterocycles. The molecule has 5 rings (SSSR count). The Labute approximate surface area is 605 Å². The predicted octanol–water partition coefficient (Wildman–Crippen LogP) is 12.9. The average molecular weight is 1540 g/mol. The normalized spacial score (nSPS) is 13.7. The van der Waals surface area contributed by atoms with E-state index in [1.165, 1.54) is 20.8 Å². The van der Waals surface area contributed by atoms with Gasteiger partial charge in [-0.2, -0.15) is 43.5 Å². The van der Waals surface area contributed by atoms with Gasteiger partial charge in [0.2, 0.25) is 0 Å². The van der Waals surface area contributed by atoms with E-state index in [9.17, 15) is 47.6 Å². The van der Waals surface area contributed by atoms with E-state index in [1.54, 1.807) is 94.4 Å². The molecule has 12 N–H and O–H groups in total. The molecule has 508 valence electrons. The fourth-order valence-electron chi connectivity index (χ4n) is 6.25. The Morgan fingerprint density at radius 2 is 0.744 bits per heavy atom. The molecule has 16 nitrogen and oxygen atoms in total. The number of benzene rings is 4. The number of alkyl halides is 4. The average Bonchev–Trinajstić information content (AvgIpc) is 2.47. The molecule has 0 aliphatic carbocycles. The maximum Gasteiger partial charge on any atom is 0.454 e. The van der Waals surface area contributed by atoms with Crippen LogP contribution in [0.4, 0.5) is 17.6 Å². The van der Waals surface area contributed by atoms with Crippen LogP contribution in [-0.2, 0) is 84.3 Å². The number of rotatable bonds is 16. The van der Waals surface area contributed by atoms with Crippen LogP contribution in [0.25, 0.3) is 0 Å². The summed E-state index contributed by atoms with van der Waals surface area (Å²) in [5.74, 6) is 0.377. The summed E-state index contributed by atoms with van der Waals surface area (Å²) in [6.45, 7) is 26.4. The van der Waals surface area contributed by atoms with Crippen molar-refractivity contribution in [2.75, 3.05) is 33.2 Å². The monoisotopic (exact) mass is 1530 g/mol. The number of halogens is 5. The van der Waals surface area contributed by atoms with Gasteiger partial charge >= 0.3 is 7.12 Å². The van der Waals surface area contributed by atoms with Crippen molar-refractivity contribution in [1.29, 1.82) is 15.8 Å². The van der Waals surface area contributed by atoms with Crippen molar-refractivity contribution in [3.8, 4) is 18.2 Å². The fourth-order valence-corrected chi connectivity index (χ4v) is 6.61. The largest absolute Gasteiger partial charge is 0.454 e. The van der Waals surface area contributed by atoms with Crippen LogP contribution in [0, 0.1) is 70.2 Å². The van der Waals surface area contributed by atoms with Gasteiger partial charge in [-0.1, -0.05) is 138 Å². The molecule has 1 saturated heterocycles. The van der Waals surface area contributed by atoms with Crippen molar-refractivity contribution in [2.24, 2.45) is 17.2 Å². The van der Waals surface area contributed by atoms with Crippen LogP contribution < -0.4 is 27.8 Å². The van der Waals surface area contributed by atoms with E-state index in [0.717, 1.165) is 26.8 Å². The smallest absolute Gasteiger partial charge is 0.403 e.